The molecule has 0 spiro atoms. The van der Waals surface area contributed by atoms with Crippen molar-refractivity contribution in [2.45, 2.75) is 18.8 Å². The first-order valence-electron chi connectivity index (χ1n) is 6.99. The molecule has 0 N–H and O–H groups in total. The minimum atomic E-state index is 0.486. The molecule has 0 amide bonds. The van der Waals surface area contributed by atoms with Gasteiger partial charge in [0, 0.05) is 29.2 Å². The van der Waals surface area contributed by atoms with Crippen molar-refractivity contribution < 1.29 is 0 Å². The minimum Gasteiger partial charge on any atom is -0.306 e. The summed E-state index contributed by atoms with van der Waals surface area (Å²) in [5.74, 6) is 0.486. The van der Waals surface area contributed by atoms with E-state index in [4.69, 9.17) is 16.6 Å². The van der Waals surface area contributed by atoms with E-state index in [0.29, 0.717) is 5.92 Å². The fourth-order valence-corrected chi connectivity index (χ4v) is 2.96. The van der Waals surface area contributed by atoms with E-state index in [1.807, 2.05) is 36.7 Å². The number of halogens is 1. The second-order valence-corrected chi connectivity index (χ2v) is 5.88. The van der Waals surface area contributed by atoms with Gasteiger partial charge in [-0.1, -0.05) is 23.7 Å². The van der Waals surface area contributed by atoms with Gasteiger partial charge in [-0.2, -0.15) is 0 Å². The van der Waals surface area contributed by atoms with Crippen molar-refractivity contribution in [3.8, 4) is 11.3 Å². The van der Waals surface area contributed by atoms with E-state index in [1.165, 1.54) is 19.4 Å². The van der Waals surface area contributed by atoms with Crippen molar-refractivity contribution in [1.29, 1.82) is 0 Å². The molecule has 104 valence electrons. The summed E-state index contributed by atoms with van der Waals surface area (Å²) in [5.41, 5.74) is 3.02. The van der Waals surface area contributed by atoms with Gasteiger partial charge < -0.3 is 4.90 Å². The first-order chi connectivity index (χ1) is 9.72. The summed E-state index contributed by atoms with van der Waals surface area (Å²) in [4.78, 5) is 11.5. The van der Waals surface area contributed by atoms with Crippen molar-refractivity contribution in [2.24, 2.45) is 0 Å². The zero-order chi connectivity index (χ0) is 13.9. The van der Waals surface area contributed by atoms with Crippen LogP contribution in [0.25, 0.3) is 11.3 Å². The highest BCUT2D eigenvalue weighted by molar-refractivity contribution is 6.30. The molecule has 0 aliphatic carbocycles. The average Bonchev–Trinajstić information content (AvgIpc) is 2.47. The van der Waals surface area contributed by atoms with E-state index in [0.717, 1.165) is 28.5 Å². The minimum absolute atomic E-state index is 0.486. The largest absolute Gasteiger partial charge is 0.306 e. The SMILES string of the molecule is CN1CCC[C@H](c2cncc(-c3cccc(Cl)c3)n2)C1. The summed E-state index contributed by atoms with van der Waals surface area (Å²) >= 11 is 6.05. The normalized spacial score (nSPS) is 20.0. The number of hydrogen-bond donors (Lipinski definition) is 0. The van der Waals surface area contributed by atoms with E-state index in [2.05, 4.69) is 16.9 Å². The maximum atomic E-state index is 6.05. The molecule has 2 aromatic rings. The molecule has 1 atom stereocenters. The third-order valence-electron chi connectivity index (χ3n) is 3.82. The molecule has 0 unspecified atom stereocenters. The van der Waals surface area contributed by atoms with Gasteiger partial charge in [0.25, 0.3) is 0 Å². The molecule has 3 nitrogen and oxygen atoms in total. The molecule has 0 saturated carbocycles. The maximum absolute atomic E-state index is 6.05. The third kappa shape index (κ3) is 3.00. The Morgan fingerprint density at radius 3 is 3.00 bits per heavy atom. The first kappa shape index (κ1) is 13.5. The van der Waals surface area contributed by atoms with Gasteiger partial charge >= 0.3 is 0 Å². The molecule has 2 heterocycles. The second-order valence-electron chi connectivity index (χ2n) is 5.44. The summed E-state index contributed by atoms with van der Waals surface area (Å²) < 4.78 is 0. The fraction of sp³-hybridized carbons (Fsp3) is 0.375. The average molecular weight is 288 g/mol. The van der Waals surface area contributed by atoms with E-state index in [1.54, 1.807) is 0 Å². The van der Waals surface area contributed by atoms with Crippen LogP contribution in [-0.4, -0.2) is 35.0 Å². The monoisotopic (exact) mass is 287 g/mol. The number of hydrogen-bond acceptors (Lipinski definition) is 3. The molecule has 0 bridgehead atoms. The number of aromatic nitrogens is 2. The molecule has 1 saturated heterocycles. The summed E-state index contributed by atoms with van der Waals surface area (Å²) in [5, 5.41) is 0.729. The maximum Gasteiger partial charge on any atom is 0.0889 e. The van der Waals surface area contributed by atoms with Crippen LogP contribution < -0.4 is 0 Å². The van der Waals surface area contributed by atoms with Crippen LogP contribution in [0.5, 0.6) is 0 Å². The fourth-order valence-electron chi connectivity index (χ4n) is 2.77. The van der Waals surface area contributed by atoms with Crippen molar-refractivity contribution in [1.82, 2.24) is 14.9 Å². The van der Waals surface area contributed by atoms with Crippen LogP contribution in [0.15, 0.2) is 36.7 Å². The first-order valence-corrected chi connectivity index (χ1v) is 7.36. The number of nitrogens with zero attached hydrogens (tertiary/aromatic N) is 3. The van der Waals surface area contributed by atoms with E-state index >= 15 is 0 Å². The van der Waals surface area contributed by atoms with Crippen LogP contribution in [0, 0.1) is 0 Å². The van der Waals surface area contributed by atoms with Crippen LogP contribution in [0.4, 0.5) is 0 Å². The van der Waals surface area contributed by atoms with Crippen LogP contribution in [0.1, 0.15) is 24.5 Å². The summed E-state index contributed by atoms with van der Waals surface area (Å²) in [6.45, 7) is 2.24. The number of likely N-dealkylation sites (tertiary alicyclic amines) is 1. The molecule has 1 aliphatic heterocycles. The standard InChI is InChI=1S/C16H18ClN3/c1-20-7-3-5-13(11-20)16-10-18-9-15(19-16)12-4-2-6-14(17)8-12/h2,4,6,8-10,13H,3,5,7,11H2,1H3/t13-/m0/s1. The highest BCUT2D eigenvalue weighted by Crippen LogP contribution is 2.27. The second kappa shape index (κ2) is 5.90. The smallest absolute Gasteiger partial charge is 0.0889 e. The summed E-state index contributed by atoms with van der Waals surface area (Å²) in [7, 11) is 2.17. The molecular formula is C16H18ClN3. The van der Waals surface area contributed by atoms with Crippen molar-refractivity contribution >= 4 is 11.6 Å². The summed E-state index contributed by atoms with van der Waals surface area (Å²) in [6, 6.07) is 7.77. The lowest BCUT2D eigenvalue weighted by atomic mass is 9.95. The van der Waals surface area contributed by atoms with Crippen molar-refractivity contribution in [2.75, 3.05) is 20.1 Å². The van der Waals surface area contributed by atoms with Gasteiger partial charge in [0.2, 0.25) is 0 Å². The number of benzene rings is 1. The third-order valence-corrected chi connectivity index (χ3v) is 4.05. The molecular weight excluding hydrogens is 270 g/mol. The van der Waals surface area contributed by atoms with Gasteiger partial charge in [0.15, 0.2) is 0 Å². The molecule has 20 heavy (non-hydrogen) atoms. The van der Waals surface area contributed by atoms with Gasteiger partial charge in [-0.05, 0) is 38.6 Å². The number of rotatable bonds is 2. The van der Waals surface area contributed by atoms with E-state index in [9.17, 15) is 0 Å². The highest BCUT2D eigenvalue weighted by atomic mass is 35.5. The Labute approximate surface area is 124 Å². The Kier molecular flexibility index (Phi) is 3.99. The zero-order valence-corrected chi connectivity index (χ0v) is 12.3. The Balaban J connectivity index is 1.89. The predicted molar refractivity (Wildman–Crippen MR) is 82.0 cm³/mol. The molecule has 1 fully saturated rings. The van der Waals surface area contributed by atoms with Crippen molar-refractivity contribution in [3.05, 3.63) is 47.4 Å². The molecule has 4 heteroatoms. The Bertz CT molecular complexity index is 600. The topological polar surface area (TPSA) is 29.0 Å². The van der Waals surface area contributed by atoms with Crippen LogP contribution >= 0.6 is 11.6 Å². The molecule has 0 radical (unpaired) electrons. The summed E-state index contributed by atoms with van der Waals surface area (Å²) in [6.07, 6.45) is 6.13. The van der Waals surface area contributed by atoms with Crippen LogP contribution in [0.2, 0.25) is 5.02 Å². The lowest BCUT2D eigenvalue weighted by Crippen LogP contribution is -2.31. The van der Waals surface area contributed by atoms with Gasteiger partial charge in [-0.25, -0.2) is 4.98 Å². The highest BCUT2D eigenvalue weighted by Gasteiger charge is 2.20. The Morgan fingerprint density at radius 2 is 2.20 bits per heavy atom. The van der Waals surface area contributed by atoms with Crippen LogP contribution in [0.3, 0.4) is 0 Å². The number of piperidine rings is 1. The van der Waals surface area contributed by atoms with Crippen molar-refractivity contribution in [3.63, 3.8) is 0 Å². The number of likely N-dealkylation sites (N-methyl/N-ethyl adjacent to an activating group) is 1. The van der Waals surface area contributed by atoms with Gasteiger partial charge in [0.1, 0.15) is 0 Å². The molecule has 1 aromatic heterocycles. The van der Waals surface area contributed by atoms with Crippen LogP contribution in [-0.2, 0) is 0 Å². The van der Waals surface area contributed by atoms with E-state index < -0.39 is 0 Å². The quantitative estimate of drug-likeness (QED) is 0.845. The van der Waals surface area contributed by atoms with Gasteiger partial charge in [0.05, 0.1) is 17.6 Å². The lowest BCUT2D eigenvalue weighted by molar-refractivity contribution is 0.248. The molecule has 1 aromatic carbocycles. The molecule has 3 rings (SSSR count). The Hall–Kier alpha value is -1.45. The van der Waals surface area contributed by atoms with Gasteiger partial charge in [-0.3, -0.25) is 4.98 Å². The van der Waals surface area contributed by atoms with E-state index in [-0.39, 0.29) is 0 Å². The van der Waals surface area contributed by atoms with Gasteiger partial charge in [-0.15, -0.1) is 0 Å². The lowest BCUT2D eigenvalue weighted by Gasteiger charge is -2.29. The Morgan fingerprint density at radius 1 is 1.30 bits per heavy atom. The molecule has 1 aliphatic rings. The zero-order valence-electron chi connectivity index (χ0n) is 11.6. The predicted octanol–water partition coefficient (Wildman–Crippen LogP) is 3.61.